The SMILES string of the molecule is C#CCCCn1c(Cc2cc(OC)c(OC)c(OC)c2Cl)nc2c(C(N)=O)nc(F)nc21. The van der Waals surface area contributed by atoms with Crippen molar-refractivity contribution in [2.45, 2.75) is 25.8 Å². The Kier molecular flexibility index (Phi) is 7.00. The Morgan fingerprint density at radius 2 is 1.94 bits per heavy atom. The maximum Gasteiger partial charge on any atom is 0.311 e. The summed E-state index contributed by atoms with van der Waals surface area (Å²) in [5.74, 6) is 3.14. The van der Waals surface area contributed by atoms with Crippen molar-refractivity contribution in [3.8, 4) is 29.6 Å². The minimum absolute atomic E-state index is 0.0955. The molecule has 1 aromatic carbocycles. The Bertz CT molecular complexity index is 1220. The largest absolute Gasteiger partial charge is 0.493 e. The summed E-state index contributed by atoms with van der Waals surface area (Å²) >= 11 is 6.57. The molecule has 0 radical (unpaired) electrons. The van der Waals surface area contributed by atoms with Crippen molar-refractivity contribution in [2.24, 2.45) is 5.73 Å². The minimum atomic E-state index is -1.08. The fraction of sp³-hybridized carbons (Fsp3) is 0.333. The molecule has 2 N–H and O–H groups in total. The molecule has 3 rings (SSSR count). The van der Waals surface area contributed by atoms with Crippen LogP contribution in [0, 0.1) is 18.4 Å². The van der Waals surface area contributed by atoms with Gasteiger partial charge in [-0.15, -0.1) is 12.3 Å². The number of carbonyl (C=O) groups is 1. The highest BCUT2D eigenvalue weighted by atomic mass is 35.5. The van der Waals surface area contributed by atoms with Gasteiger partial charge in [0.15, 0.2) is 22.8 Å². The zero-order chi connectivity index (χ0) is 23.4. The summed E-state index contributed by atoms with van der Waals surface area (Å²) < 4.78 is 31.9. The number of hydrogen-bond acceptors (Lipinski definition) is 7. The Hall–Kier alpha value is -3.58. The van der Waals surface area contributed by atoms with Crippen LogP contribution in [-0.4, -0.2) is 46.8 Å². The number of primary amides is 1. The van der Waals surface area contributed by atoms with Crippen LogP contribution in [0.15, 0.2) is 6.07 Å². The van der Waals surface area contributed by atoms with Crippen LogP contribution in [0.1, 0.15) is 34.7 Å². The van der Waals surface area contributed by atoms with Gasteiger partial charge in [-0.1, -0.05) is 11.6 Å². The lowest BCUT2D eigenvalue weighted by Gasteiger charge is -2.16. The van der Waals surface area contributed by atoms with E-state index in [0.717, 1.165) is 0 Å². The van der Waals surface area contributed by atoms with E-state index < -0.39 is 12.0 Å². The van der Waals surface area contributed by atoms with Crippen LogP contribution >= 0.6 is 11.6 Å². The molecule has 0 aliphatic carbocycles. The molecule has 32 heavy (non-hydrogen) atoms. The number of benzene rings is 1. The first-order chi connectivity index (χ1) is 15.4. The number of nitrogens with two attached hydrogens (primary N) is 1. The number of halogens is 2. The van der Waals surface area contributed by atoms with Crippen LogP contribution in [0.4, 0.5) is 4.39 Å². The molecule has 0 spiro atoms. The topological polar surface area (TPSA) is 114 Å². The molecule has 1 amide bonds. The summed E-state index contributed by atoms with van der Waals surface area (Å²) in [7, 11) is 4.42. The number of methoxy groups -OCH3 is 3. The van der Waals surface area contributed by atoms with Gasteiger partial charge in [-0.25, -0.2) is 4.98 Å². The average molecular weight is 462 g/mol. The second-order valence-corrected chi connectivity index (χ2v) is 7.04. The Morgan fingerprint density at radius 3 is 2.53 bits per heavy atom. The number of rotatable bonds is 9. The molecule has 0 atom stereocenters. The highest BCUT2D eigenvalue weighted by Gasteiger charge is 2.24. The molecule has 3 aromatic rings. The van der Waals surface area contributed by atoms with Gasteiger partial charge >= 0.3 is 6.08 Å². The van der Waals surface area contributed by atoms with Crippen molar-refractivity contribution in [3.63, 3.8) is 0 Å². The molecule has 0 fully saturated rings. The Labute approximate surface area is 188 Å². The van der Waals surface area contributed by atoms with Gasteiger partial charge in [0, 0.05) is 19.4 Å². The molecule has 0 saturated carbocycles. The molecule has 0 aliphatic rings. The molecule has 2 aromatic heterocycles. The van der Waals surface area contributed by atoms with E-state index >= 15 is 0 Å². The minimum Gasteiger partial charge on any atom is -0.493 e. The number of aryl methyl sites for hydroxylation is 1. The molecule has 0 aliphatic heterocycles. The summed E-state index contributed by atoms with van der Waals surface area (Å²) in [4.78, 5) is 23.7. The van der Waals surface area contributed by atoms with E-state index in [1.807, 2.05) is 0 Å². The molecule has 2 heterocycles. The van der Waals surface area contributed by atoms with Crippen LogP contribution in [0.3, 0.4) is 0 Å². The summed E-state index contributed by atoms with van der Waals surface area (Å²) in [6.07, 6.45) is 5.53. The van der Waals surface area contributed by atoms with E-state index in [0.29, 0.717) is 53.0 Å². The number of amides is 1. The third-order valence-electron chi connectivity index (χ3n) is 4.78. The predicted molar refractivity (Wildman–Crippen MR) is 116 cm³/mol. The molecule has 0 bridgehead atoms. The molecule has 0 saturated heterocycles. The number of terminal acetylenes is 1. The summed E-state index contributed by atoms with van der Waals surface area (Å²) in [6.45, 7) is 0.382. The number of imidazole rings is 1. The maximum absolute atomic E-state index is 14.0. The zero-order valence-electron chi connectivity index (χ0n) is 17.7. The number of unbranched alkanes of at least 4 members (excludes halogenated alkanes) is 1. The maximum atomic E-state index is 14.0. The van der Waals surface area contributed by atoms with Crippen LogP contribution in [0.5, 0.6) is 17.2 Å². The van der Waals surface area contributed by atoms with E-state index in [4.69, 9.17) is 38.0 Å². The first kappa shape index (κ1) is 23.1. The number of fused-ring (bicyclic) bond motifs is 1. The van der Waals surface area contributed by atoms with Gasteiger partial charge in [-0.05, 0) is 18.1 Å². The average Bonchev–Trinajstić information content (AvgIpc) is 3.10. The van der Waals surface area contributed by atoms with Gasteiger partial charge in [0.25, 0.3) is 5.91 Å². The highest BCUT2D eigenvalue weighted by molar-refractivity contribution is 6.33. The van der Waals surface area contributed by atoms with Gasteiger partial charge in [-0.3, -0.25) is 4.79 Å². The summed E-state index contributed by atoms with van der Waals surface area (Å²) in [5, 5.41) is 0.291. The van der Waals surface area contributed by atoms with E-state index in [9.17, 15) is 9.18 Å². The second-order valence-electron chi connectivity index (χ2n) is 6.66. The van der Waals surface area contributed by atoms with Crippen LogP contribution in [0.2, 0.25) is 5.02 Å². The van der Waals surface area contributed by atoms with Crippen molar-refractivity contribution in [1.82, 2.24) is 19.5 Å². The summed E-state index contributed by atoms with van der Waals surface area (Å²) in [5.41, 5.74) is 5.91. The first-order valence-corrected chi connectivity index (χ1v) is 9.87. The molecular weight excluding hydrogens is 441 g/mol. The molecule has 168 valence electrons. The van der Waals surface area contributed by atoms with E-state index in [1.54, 1.807) is 10.6 Å². The second kappa shape index (κ2) is 9.70. The van der Waals surface area contributed by atoms with Crippen molar-refractivity contribution in [3.05, 3.63) is 34.2 Å². The molecule has 11 heteroatoms. The molecule has 0 unspecified atom stereocenters. The van der Waals surface area contributed by atoms with Gasteiger partial charge in [0.1, 0.15) is 11.3 Å². The van der Waals surface area contributed by atoms with Crippen molar-refractivity contribution >= 4 is 28.7 Å². The zero-order valence-corrected chi connectivity index (χ0v) is 18.5. The standard InChI is InChI=1S/C21H21ClFN5O4/c1-5-6-7-8-28-13(25-16-15(19(24)29)26-21(23)27-20(16)28)10-11-9-12(30-2)17(31-3)18(32-4)14(11)22/h1,9H,6-8,10H2,2-4H3,(H2,24,29). The van der Waals surface area contributed by atoms with Gasteiger partial charge in [0.2, 0.25) is 5.75 Å². The van der Waals surface area contributed by atoms with Gasteiger partial charge in [0.05, 0.1) is 26.4 Å². The summed E-state index contributed by atoms with van der Waals surface area (Å²) in [6, 6.07) is 1.69. The fourth-order valence-electron chi connectivity index (χ4n) is 3.37. The first-order valence-electron chi connectivity index (χ1n) is 9.49. The Balaban J connectivity index is 2.20. The van der Waals surface area contributed by atoms with Crippen molar-refractivity contribution in [2.75, 3.05) is 21.3 Å². The van der Waals surface area contributed by atoms with Crippen molar-refractivity contribution < 1.29 is 23.4 Å². The predicted octanol–water partition coefficient (Wildman–Crippen LogP) is 2.75. The smallest absolute Gasteiger partial charge is 0.311 e. The van der Waals surface area contributed by atoms with Gasteiger partial charge < -0.3 is 24.5 Å². The molecule has 9 nitrogen and oxygen atoms in total. The van der Waals surface area contributed by atoms with E-state index in [2.05, 4.69) is 20.9 Å². The number of nitrogens with zero attached hydrogens (tertiary/aromatic N) is 4. The Morgan fingerprint density at radius 1 is 1.22 bits per heavy atom. The lowest BCUT2D eigenvalue weighted by Crippen LogP contribution is -2.15. The lowest BCUT2D eigenvalue weighted by molar-refractivity contribution is 0.0995. The lowest BCUT2D eigenvalue weighted by atomic mass is 10.1. The van der Waals surface area contributed by atoms with Crippen LogP contribution in [0.25, 0.3) is 11.2 Å². The van der Waals surface area contributed by atoms with Crippen LogP contribution < -0.4 is 19.9 Å². The normalized spacial score (nSPS) is 10.8. The van der Waals surface area contributed by atoms with Crippen molar-refractivity contribution in [1.29, 1.82) is 0 Å². The van der Waals surface area contributed by atoms with E-state index in [-0.39, 0.29) is 23.3 Å². The number of aromatic nitrogens is 4. The number of carbonyl (C=O) groups excluding carboxylic acids is 1. The number of ether oxygens (including phenoxy) is 3. The fourth-order valence-corrected chi connectivity index (χ4v) is 3.66. The third-order valence-corrected chi connectivity index (χ3v) is 5.19. The number of hydrogen-bond donors (Lipinski definition) is 1. The van der Waals surface area contributed by atoms with Gasteiger partial charge in [-0.2, -0.15) is 14.4 Å². The quantitative estimate of drug-likeness (QED) is 0.296. The highest BCUT2D eigenvalue weighted by Crippen LogP contribution is 2.45. The third kappa shape index (κ3) is 4.24. The van der Waals surface area contributed by atoms with E-state index in [1.165, 1.54) is 21.3 Å². The monoisotopic (exact) mass is 461 g/mol. The van der Waals surface area contributed by atoms with Crippen LogP contribution in [-0.2, 0) is 13.0 Å². The molecular formula is C21H21ClFN5O4.